The largest absolute Gasteiger partial charge is 0.240 e. The molecular weight excluding hydrogens is 270 g/mol. The smallest absolute Gasteiger partial charge is 0.207 e. The molecule has 108 valence electrons. The van der Waals surface area contributed by atoms with Gasteiger partial charge in [-0.3, -0.25) is 0 Å². The standard InChI is InChI=1S/C16H21NO2S/c1-14-9-11-16(12-10-14)20(18,19)17-13-5-8-15-6-3-2-4-7-15/h5,9-12,17H,2-4,6-7,13H2,1H3. The fourth-order valence-corrected chi connectivity index (χ4v) is 3.23. The molecular formula is C16H21NO2S. The highest BCUT2D eigenvalue weighted by Gasteiger charge is 2.11. The van der Waals surface area contributed by atoms with Gasteiger partial charge in [-0.15, -0.1) is 5.73 Å². The second-order valence-corrected chi connectivity index (χ2v) is 6.94. The third kappa shape index (κ3) is 4.34. The highest BCUT2D eigenvalue weighted by molar-refractivity contribution is 7.89. The van der Waals surface area contributed by atoms with E-state index in [-0.39, 0.29) is 0 Å². The summed E-state index contributed by atoms with van der Waals surface area (Å²) in [6.07, 6.45) is 7.73. The van der Waals surface area contributed by atoms with E-state index in [4.69, 9.17) is 0 Å². The Labute approximate surface area is 121 Å². The number of rotatable bonds is 4. The van der Waals surface area contributed by atoms with Gasteiger partial charge in [-0.05, 0) is 56.4 Å². The molecule has 4 heteroatoms. The van der Waals surface area contributed by atoms with E-state index < -0.39 is 10.0 Å². The Bertz CT molecular complexity index is 600. The van der Waals surface area contributed by atoms with Gasteiger partial charge in [0.15, 0.2) is 0 Å². The molecule has 1 saturated carbocycles. The Morgan fingerprint density at radius 1 is 1.15 bits per heavy atom. The van der Waals surface area contributed by atoms with Gasteiger partial charge in [0, 0.05) is 6.54 Å². The molecule has 1 aromatic carbocycles. The molecule has 1 aliphatic carbocycles. The maximum Gasteiger partial charge on any atom is 0.240 e. The van der Waals surface area contributed by atoms with Crippen LogP contribution in [-0.4, -0.2) is 15.0 Å². The fourth-order valence-electron chi connectivity index (χ4n) is 2.27. The molecule has 0 aromatic heterocycles. The zero-order chi connectivity index (χ0) is 14.4. The molecule has 0 aliphatic heterocycles. The van der Waals surface area contributed by atoms with Crippen LogP contribution in [0.25, 0.3) is 0 Å². The summed E-state index contributed by atoms with van der Waals surface area (Å²) in [5, 5.41) is 0. The van der Waals surface area contributed by atoms with Crippen LogP contribution < -0.4 is 4.72 Å². The normalized spacial score (nSPS) is 15.8. The molecule has 0 amide bonds. The first-order valence-electron chi connectivity index (χ1n) is 7.07. The Hall–Kier alpha value is -1.35. The maximum atomic E-state index is 12.0. The van der Waals surface area contributed by atoms with Crippen molar-refractivity contribution in [2.75, 3.05) is 6.54 Å². The minimum atomic E-state index is -3.41. The maximum absolute atomic E-state index is 12.0. The van der Waals surface area contributed by atoms with Gasteiger partial charge < -0.3 is 0 Å². The van der Waals surface area contributed by atoms with Crippen LogP contribution in [0.3, 0.4) is 0 Å². The van der Waals surface area contributed by atoms with Gasteiger partial charge in [0.05, 0.1) is 4.90 Å². The lowest BCUT2D eigenvalue weighted by atomic mass is 9.96. The number of benzene rings is 1. The van der Waals surface area contributed by atoms with E-state index in [0.717, 1.165) is 18.4 Å². The van der Waals surface area contributed by atoms with Crippen molar-refractivity contribution in [1.29, 1.82) is 0 Å². The lowest BCUT2D eigenvalue weighted by Gasteiger charge is -2.10. The van der Waals surface area contributed by atoms with Crippen molar-refractivity contribution in [2.24, 2.45) is 0 Å². The average molecular weight is 291 g/mol. The van der Waals surface area contributed by atoms with Crippen molar-refractivity contribution in [3.63, 3.8) is 0 Å². The second-order valence-electron chi connectivity index (χ2n) is 5.18. The summed E-state index contributed by atoms with van der Waals surface area (Å²) in [4.78, 5) is 0.307. The third-order valence-corrected chi connectivity index (χ3v) is 4.91. The van der Waals surface area contributed by atoms with Crippen LogP contribution in [0, 0.1) is 6.92 Å². The van der Waals surface area contributed by atoms with E-state index in [0.29, 0.717) is 11.4 Å². The van der Waals surface area contributed by atoms with Crippen molar-refractivity contribution in [1.82, 2.24) is 4.72 Å². The molecule has 1 N–H and O–H groups in total. The summed E-state index contributed by atoms with van der Waals surface area (Å²) < 4.78 is 26.6. The second kappa shape index (κ2) is 6.89. The number of hydrogen-bond donors (Lipinski definition) is 1. The molecule has 2 rings (SSSR count). The Balaban J connectivity index is 1.95. The van der Waals surface area contributed by atoms with Crippen LogP contribution in [0.2, 0.25) is 0 Å². The van der Waals surface area contributed by atoms with E-state index in [9.17, 15) is 8.42 Å². The summed E-state index contributed by atoms with van der Waals surface area (Å²) in [6.45, 7) is 2.22. The zero-order valence-corrected chi connectivity index (χ0v) is 12.7. The Kier molecular flexibility index (Phi) is 5.18. The summed E-state index contributed by atoms with van der Waals surface area (Å²) in [5.41, 5.74) is 5.58. The van der Waals surface area contributed by atoms with Crippen LogP contribution in [0.1, 0.15) is 37.7 Å². The van der Waals surface area contributed by atoms with Gasteiger partial charge in [-0.2, -0.15) is 0 Å². The predicted octanol–water partition coefficient (Wildman–Crippen LogP) is 3.32. The summed E-state index contributed by atoms with van der Waals surface area (Å²) >= 11 is 0. The monoisotopic (exact) mass is 291 g/mol. The van der Waals surface area contributed by atoms with Crippen LogP contribution in [-0.2, 0) is 10.0 Å². The summed E-state index contributed by atoms with van der Waals surface area (Å²) in [6, 6.07) is 6.85. The zero-order valence-electron chi connectivity index (χ0n) is 11.9. The highest BCUT2D eigenvalue weighted by atomic mass is 32.2. The van der Waals surface area contributed by atoms with Gasteiger partial charge in [-0.25, -0.2) is 13.1 Å². The number of nitrogens with one attached hydrogen (secondary N) is 1. The first kappa shape index (κ1) is 15.0. The number of sulfonamides is 1. The van der Waals surface area contributed by atoms with Gasteiger partial charge in [-0.1, -0.05) is 24.1 Å². The number of aryl methyl sites for hydroxylation is 1. The van der Waals surface area contributed by atoms with Crippen molar-refractivity contribution in [3.05, 3.63) is 47.2 Å². The molecule has 1 aliphatic rings. The van der Waals surface area contributed by atoms with Crippen molar-refractivity contribution >= 4 is 10.0 Å². The minimum Gasteiger partial charge on any atom is -0.207 e. The molecule has 0 atom stereocenters. The molecule has 3 nitrogen and oxygen atoms in total. The molecule has 20 heavy (non-hydrogen) atoms. The topological polar surface area (TPSA) is 46.2 Å². The number of hydrogen-bond acceptors (Lipinski definition) is 2. The highest BCUT2D eigenvalue weighted by Crippen LogP contribution is 2.21. The van der Waals surface area contributed by atoms with Crippen LogP contribution >= 0.6 is 0 Å². The summed E-state index contributed by atoms with van der Waals surface area (Å²) in [5.74, 6) is 0. The Morgan fingerprint density at radius 2 is 1.80 bits per heavy atom. The minimum absolute atomic E-state index is 0.291. The van der Waals surface area contributed by atoms with Crippen molar-refractivity contribution < 1.29 is 8.42 Å². The molecule has 0 unspecified atom stereocenters. The molecule has 1 aromatic rings. The van der Waals surface area contributed by atoms with E-state index >= 15 is 0 Å². The van der Waals surface area contributed by atoms with Crippen LogP contribution in [0.15, 0.2) is 46.5 Å². The Morgan fingerprint density at radius 3 is 2.45 bits per heavy atom. The molecule has 1 fully saturated rings. The first-order valence-corrected chi connectivity index (χ1v) is 8.55. The average Bonchev–Trinajstić information content (AvgIpc) is 2.45. The van der Waals surface area contributed by atoms with E-state index in [1.54, 1.807) is 30.3 Å². The third-order valence-electron chi connectivity index (χ3n) is 3.47. The lowest BCUT2D eigenvalue weighted by molar-refractivity contribution is 0.585. The fraction of sp³-hybridized carbons (Fsp3) is 0.438. The van der Waals surface area contributed by atoms with Gasteiger partial charge in [0.2, 0.25) is 10.0 Å². The van der Waals surface area contributed by atoms with Crippen molar-refractivity contribution in [3.8, 4) is 0 Å². The SMILES string of the molecule is Cc1ccc(S(=O)(=O)NCC=C=C2CCCCC2)cc1. The van der Waals surface area contributed by atoms with E-state index in [1.165, 1.54) is 24.8 Å². The van der Waals surface area contributed by atoms with Gasteiger partial charge in [0.1, 0.15) is 0 Å². The van der Waals surface area contributed by atoms with Crippen LogP contribution in [0.5, 0.6) is 0 Å². The van der Waals surface area contributed by atoms with Gasteiger partial charge in [0.25, 0.3) is 0 Å². The molecule has 0 bridgehead atoms. The summed E-state index contributed by atoms with van der Waals surface area (Å²) in [7, 11) is -3.41. The van der Waals surface area contributed by atoms with E-state index in [1.807, 2.05) is 6.92 Å². The molecule has 0 heterocycles. The first-order chi connectivity index (χ1) is 9.58. The quantitative estimate of drug-likeness (QED) is 0.865. The molecule has 0 radical (unpaired) electrons. The van der Waals surface area contributed by atoms with E-state index in [2.05, 4.69) is 10.5 Å². The van der Waals surface area contributed by atoms with Crippen molar-refractivity contribution in [2.45, 2.75) is 43.9 Å². The van der Waals surface area contributed by atoms with Crippen LogP contribution in [0.4, 0.5) is 0 Å². The lowest BCUT2D eigenvalue weighted by Crippen LogP contribution is -2.23. The van der Waals surface area contributed by atoms with Gasteiger partial charge >= 0.3 is 0 Å². The predicted molar refractivity (Wildman–Crippen MR) is 81.0 cm³/mol. The molecule has 0 saturated heterocycles. The molecule has 0 spiro atoms.